The Morgan fingerprint density at radius 3 is 2.53 bits per heavy atom. The van der Waals surface area contributed by atoms with Crippen LogP contribution in [-0.2, 0) is 20.0 Å². The Bertz CT molecular complexity index is 363. The lowest BCUT2D eigenvalue weighted by Gasteiger charge is -2.20. The summed E-state index contributed by atoms with van der Waals surface area (Å²) in [4.78, 5) is 0. The number of halogens is 2. The van der Waals surface area contributed by atoms with Gasteiger partial charge in [-0.3, -0.25) is 4.68 Å². The molecule has 0 aliphatic carbocycles. The van der Waals surface area contributed by atoms with Crippen LogP contribution in [0.25, 0.3) is 0 Å². The van der Waals surface area contributed by atoms with Crippen LogP contribution >= 0.6 is 38.5 Å². The largest absolute Gasteiger partial charge is 0.307 e. The van der Waals surface area contributed by atoms with Crippen molar-refractivity contribution < 1.29 is 0 Å². The summed E-state index contributed by atoms with van der Waals surface area (Å²) in [5, 5.41) is 8.11. The maximum absolute atomic E-state index is 4.51. The maximum atomic E-state index is 4.51. The Kier molecular flexibility index (Phi) is 6.44. The van der Waals surface area contributed by atoms with Gasteiger partial charge in [-0.05, 0) is 28.3 Å². The molecule has 1 heterocycles. The van der Waals surface area contributed by atoms with Gasteiger partial charge in [-0.15, -0.1) is 0 Å². The van der Waals surface area contributed by atoms with Crippen LogP contribution in [0.4, 0.5) is 0 Å². The summed E-state index contributed by atoms with van der Waals surface area (Å²) < 4.78 is 4.26. The SMILES string of the molecule is CCc1nn(C)c(CNC(CI)C(C)C)c1Br. The van der Waals surface area contributed by atoms with Crippen molar-refractivity contribution in [3.8, 4) is 0 Å². The van der Waals surface area contributed by atoms with Crippen LogP contribution in [0.15, 0.2) is 4.47 Å². The monoisotopic (exact) mass is 413 g/mol. The van der Waals surface area contributed by atoms with Crippen molar-refractivity contribution in [2.45, 2.75) is 39.8 Å². The minimum Gasteiger partial charge on any atom is -0.307 e. The number of nitrogens with zero attached hydrogens (tertiary/aromatic N) is 2. The van der Waals surface area contributed by atoms with Crippen LogP contribution in [0.5, 0.6) is 0 Å². The van der Waals surface area contributed by atoms with Crippen molar-refractivity contribution in [1.82, 2.24) is 15.1 Å². The zero-order valence-electron chi connectivity index (χ0n) is 10.9. The smallest absolute Gasteiger partial charge is 0.0767 e. The van der Waals surface area contributed by atoms with Crippen LogP contribution in [0.2, 0.25) is 0 Å². The first-order chi connectivity index (χ1) is 8.01. The molecule has 5 heteroatoms. The van der Waals surface area contributed by atoms with Gasteiger partial charge in [-0.2, -0.15) is 5.10 Å². The van der Waals surface area contributed by atoms with E-state index in [1.807, 2.05) is 11.7 Å². The van der Waals surface area contributed by atoms with E-state index in [2.05, 4.69) is 69.7 Å². The van der Waals surface area contributed by atoms with E-state index in [4.69, 9.17) is 0 Å². The van der Waals surface area contributed by atoms with Gasteiger partial charge in [0.1, 0.15) is 0 Å². The Morgan fingerprint density at radius 2 is 2.12 bits per heavy atom. The zero-order valence-corrected chi connectivity index (χ0v) is 14.7. The van der Waals surface area contributed by atoms with Crippen molar-refractivity contribution in [3.63, 3.8) is 0 Å². The van der Waals surface area contributed by atoms with Gasteiger partial charge in [-0.1, -0.05) is 43.4 Å². The lowest BCUT2D eigenvalue weighted by Crippen LogP contribution is -2.35. The summed E-state index contributed by atoms with van der Waals surface area (Å²) in [6.07, 6.45) is 0.967. The second-order valence-corrected chi connectivity index (χ2v) is 6.24. The van der Waals surface area contributed by atoms with E-state index in [0.717, 1.165) is 27.6 Å². The summed E-state index contributed by atoms with van der Waals surface area (Å²) in [5.41, 5.74) is 2.37. The average Bonchev–Trinajstić information content (AvgIpc) is 2.56. The first kappa shape index (κ1) is 15.4. The van der Waals surface area contributed by atoms with E-state index in [1.54, 1.807) is 0 Å². The average molecular weight is 414 g/mol. The minimum atomic E-state index is 0.558. The minimum absolute atomic E-state index is 0.558. The third-order valence-corrected chi connectivity index (χ3v) is 4.87. The highest BCUT2D eigenvalue weighted by Gasteiger charge is 2.15. The van der Waals surface area contributed by atoms with Gasteiger partial charge in [0, 0.05) is 24.1 Å². The molecule has 3 nitrogen and oxygen atoms in total. The van der Waals surface area contributed by atoms with Crippen LogP contribution in [0, 0.1) is 5.92 Å². The highest BCUT2D eigenvalue weighted by Crippen LogP contribution is 2.21. The molecule has 0 aromatic carbocycles. The third-order valence-electron chi connectivity index (χ3n) is 3.01. The van der Waals surface area contributed by atoms with E-state index in [9.17, 15) is 0 Å². The van der Waals surface area contributed by atoms with Gasteiger partial charge < -0.3 is 5.32 Å². The molecule has 0 aliphatic heterocycles. The van der Waals surface area contributed by atoms with Crippen molar-refractivity contribution >= 4 is 38.5 Å². The molecule has 0 bridgehead atoms. The van der Waals surface area contributed by atoms with Gasteiger partial charge >= 0.3 is 0 Å². The normalized spacial score (nSPS) is 13.4. The molecule has 0 saturated heterocycles. The number of aromatic nitrogens is 2. The summed E-state index contributed by atoms with van der Waals surface area (Å²) >= 11 is 6.09. The van der Waals surface area contributed by atoms with Crippen LogP contribution in [0.3, 0.4) is 0 Å². The lowest BCUT2D eigenvalue weighted by atomic mass is 10.1. The van der Waals surface area contributed by atoms with E-state index in [1.165, 1.54) is 5.69 Å². The molecule has 1 aromatic rings. The van der Waals surface area contributed by atoms with Gasteiger partial charge in [0.05, 0.1) is 15.9 Å². The molecule has 0 fully saturated rings. The van der Waals surface area contributed by atoms with Crippen LogP contribution in [-0.4, -0.2) is 20.2 Å². The maximum Gasteiger partial charge on any atom is 0.0767 e. The van der Waals surface area contributed by atoms with Crippen molar-refractivity contribution in [1.29, 1.82) is 0 Å². The molecule has 1 rings (SSSR count). The number of alkyl halides is 1. The number of hydrogen-bond acceptors (Lipinski definition) is 2. The third kappa shape index (κ3) is 3.92. The second kappa shape index (κ2) is 7.09. The standard InChI is InChI=1S/C12H21BrIN3/c1-5-9-12(13)11(17(4)16-9)7-15-10(6-14)8(2)3/h8,10,15H,5-7H2,1-4H3. The molecular formula is C12H21BrIN3. The molecule has 0 amide bonds. The topological polar surface area (TPSA) is 29.9 Å². The van der Waals surface area contributed by atoms with Gasteiger partial charge in [0.15, 0.2) is 0 Å². The molecule has 0 aliphatic rings. The fraction of sp³-hybridized carbons (Fsp3) is 0.750. The zero-order chi connectivity index (χ0) is 13.0. The fourth-order valence-corrected chi connectivity index (χ4v) is 3.79. The van der Waals surface area contributed by atoms with Crippen LogP contribution < -0.4 is 5.32 Å². The number of rotatable bonds is 6. The Hall–Kier alpha value is 0.380. The molecule has 1 atom stereocenters. The predicted molar refractivity (Wildman–Crippen MR) is 84.6 cm³/mol. The summed E-state index contributed by atoms with van der Waals surface area (Å²) in [5.74, 6) is 0.657. The number of aryl methyl sites for hydroxylation is 2. The highest BCUT2D eigenvalue weighted by molar-refractivity contribution is 14.1. The van der Waals surface area contributed by atoms with Gasteiger partial charge in [0.2, 0.25) is 0 Å². The number of hydrogen-bond donors (Lipinski definition) is 1. The Labute approximate surface area is 126 Å². The first-order valence-electron chi connectivity index (χ1n) is 6.00. The molecule has 1 N–H and O–H groups in total. The highest BCUT2D eigenvalue weighted by atomic mass is 127. The lowest BCUT2D eigenvalue weighted by molar-refractivity contribution is 0.429. The summed E-state index contributed by atoms with van der Waals surface area (Å²) in [6, 6.07) is 0.558. The molecule has 98 valence electrons. The quantitative estimate of drug-likeness (QED) is 0.572. The van der Waals surface area contributed by atoms with E-state index in [0.29, 0.717) is 12.0 Å². The second-order valence-electron chi connectivity index (χ2n) is 4.57. The van der Waals surface area contributed by atoms with Gasteiger partial charge in [0.25, 0.3) is 0 Å². The van der Waals surface area contributed by atoms with Crippen LogP contribution in [0.1, 0.15) is 32.2 Å². The molecule has 0 saturated carbocycles. The summed E-state index contributed by atoms with van der Waals surface area (Å²) in [6.45, 7) is 7.51. The molecule has 0 radical (unpaired) electrons. The first-order valence-corrected chi connectivity index (χ1v) is 8.32. The molecule has 0 spiro atoms. The van der Waals surface area contributed by atoms with Gasteiger partial charge in [-0.25, -0.2) is 0 Å². The van der Waals surface area contributed by atoms with E-state index >= 15 is 0 Å². The van der Waals surface area contributed by atoms with Crippen molar-refractivity contribution in [3.05, 3.63) is 15.9 Å². The Balaban J connectivity index is 2.72. The van der Waals surface area contributed by atoms with E-state index in [-0.39, 0.29) is 0 Å². The summed E-state index contributed by atoms with van der Waals surface area (Å²) in [7, 11) is 2.01. The predicted octanol–water partition coefficient (Wildman–Crippen LogP) is 3.29. The fourth-order valence-electron chi connectivity index (χ4n) is 1.71. The Morgan fingerprint density at radius 1 is 1.47 bits per heavy atom. The molecular weight excluding hydrogens is 393 g/mol. The van der Waals surface area contributed by atoms with Crippen molar-refractivity contribution in [2.24, 2.45) is 13.0 Å². The van der Waals surface area contributed by atoms with Crippen molar-refractivity contribution in [2.75, 3.05) is 4.43 Å². The number of nitrogens with one attached hydrogen (secondary N) is 1. The molecule has 1 aromatic heterocycles. The molecule has 1 unspecified atom stereocenters. The molecule has 17 heavy (non-hydrogen) atoms. The van der Waals surface area contributed by atoms with E-state index < -0.39 is 0 Å².